The van der Waals surface area contributed by atoms with Crippen LogP contribution in [0, 0.1) is 0 Å². The van der Waals surface area contributed by atoms with Crippen molar-refractivity contribution in [3.8, 4) is 0 Å². The predicted molar refractivity (Wildman–Crippen MR) is 221 cm³/mol. The number of ketones is 1. The van der Waals surface area contributed by atoms with Crippen LogP contribution in [0.2, 0.25) is 0 Å². The Balaban J connectivity index is 0.770. The van der Waals surface area contributed by atoms with Crippen LogP contribution in [0.4, 0.5) is 0 Å². The van der Waals surface area contributed by atoms with Gasteiger partial charge in [-0.05, 0) is 76.4 Å². The van der Waals surface area contributed by atoms with Crippen LogP contribution in [0.5, 0.6) is 0 Å². The van der Waals surface area contributed by atoms with E-state index in [4.69, 9.17) is 0 Å². The molecule has 1 aliphatic heterocycles. The first-order chi connectivity index (χ1) is 25.5. The van der Waals surface area contributed by atoms with Crippen LogP contribution in [0.3, 0.4) is 0 Å². The molecule has 0 atom stereocenters. The highest BCUT2D eigenvalue weighted by atomic mass is 33.1. The lowest BCUT2D eigenvalue weighted by molar-refractivity contribution is -0.137. The van der Waals surface area contributed by atoms with Gasteiger partial charge >= 0.3 is 0 Å². The van der Waals surface area contributed by atoms with Gasteiger partial charge in [0.25, 0.3) is 11.8 Å². The first-order valence-corrected chi connectivity index (χ1v) is 22.2. The van der Waals surface area contributed by atoms with Gasteiger partial charge in [-0.1, -0.05) is 134 Å². The lowest BCUT2D eigenvalue weighted by Crippen LogP contribution is -2.30. The molecule has 6 nitrogen and oxygen atoms in total. The summed E-state index contributed by atoms with van der Waals surface area (Å²) in [5, 5.41) is 10.8. The first-order valence-electron chi connectivity index (χ1n) is 19.7. The summed E-state index contributed by atoms with van der Waals surface area (Å²) in [5.41, 5.74) is 1.18. The molecule has 0 fully saturated rings. The van der Waals surface area contributed by atoms with Crippen LogP contribution in [0.25, 0.3) is 32.3 Å². The number of hydrogen-bond donors (Lipinski definition) is 1. The van der Waals surface area contributed by atoms with Gasteiger partial charge < -0.3 is 5.32 Å². The molecule has 1 N–H and O–H groups in total. The Hall–Kier alpha value is -3.36. The minimum absolute atomic E-state index is 0.147. The van der Waals surface area contributed by atoms with E-state index >= 15 is 0 Å². The van der Waals surface area contributed by atoms with Gasteiger partial charge in [-0.2, -0.15) is 0 Å². The van der Waals surface area contributed by atoms with Crippen molar-refractivity contribution in [3.63, 3.8) is 0 Å². The maximum absolute atomic E-state index is 12.6. The summed E-state index contributed by atoms with van der Waals surface area (Å²) < 4.78 is 0. The molecule has 8 heteroatoms. The minimum atomic E-state index is -0.202. The SMILES string of the molecule is O=C(CCCCCCCSSCCCCCCCC(=O)NCc1ccc2ccc3cccc4ccc1c2c34)CCCCCCCN1C(=O)C=CC1=O. The van der Waals surface area contributed by atoms with E-state index in [1.165, 1.54) is 105 Å². The molecule has 0 radical (unpaired) electrons. The molecule has 0 spiro atoms. The second-order valence-electron chi connectivity index (χ2n) is 14.3. The van der Waals surface area contributed by atoms with Crippen molar-refractivity contribution >= 4 is 77.4 Å². The van der Waals surface area contributed by atoms with Gasteiger partial charge in [0.05, 0.1) is 0 Å². The summed E-state index contributed by atoms with van der Waals surface area (Å²) >= 11 is 0. The van der Waals surface area contributed by atoms with Crippen LogP contribution >= 0.6 is 21.6 Å². The van der Waals surface area contributed by atoms with Crippen molar-refractivity contribution in [1.82, 2.24) is 10.2 Å². The Labute approximate surface area is 318 Å². The van der Waals surface area contributed by atoms with Crippen LogP contribution in [0.1, 0.15) is 121 Å². The third-order valence-electron chi connectivity index (χ3n) is 10.2. The van der Waals surface area contributed by atoms with Crippen LogP contribution in [-0.4, -0.2) is 46.5 Å². The van der Waals surface area contributed by atoms with Gasteiger partial charge in [-0.3, -0.25) is 24.1 Å². The van der Waals surface area contributed by atoms with E-state index in [0.717, 1.165) is 57.8 Å². The van der Waals surface area contributed by atoms with E-state index in [0.29, 0.717) is 38.1 Å². The molecule has 0 unspecified atom stereocenters. The molecule has 0 saturated carbocycles. The van der Waals surface area contributed by atoms with Gasteiger partial charge in [-0.15, -0.1) is 0 Å². The Kier molecular flexibility index (Phi) is 16.9. The number of imide groups is 1. The van der Waals surface area contributed by atoms with Crippen molar-refractivity contribution in [2.75, 3.05) is 18.1 Å². The van der Waals surface area contributed by atoms with E-state index in [9.17, 15) is 19.2 Å². The number of unbranched alkanes of at least 4 members (excludes halogenated alkanes) is 12. The summed E-state index contributed by atoms with van der Waals surface area (Å²) in [6.45, 7) is 1.07. The molecule has 1 heterocycles. The van der Waals surface area contributed by atoms with Crippen LogP contribution < -0.4 is 5.32 Å². The lowest BCUT2D eigenvalue weighted by Gasteiger charge is -2.14. The van der Waals surface area contributed by atoms with Gasteiger partial charge in [0.1, 0.15) is 5.78 Å². The third kappa shape index (κ3) is 12.4. The van der Waals surface area contributed by atoms with E-state index in [1.807, 2.05) is 21.6 Å². The van der Waals surface area contributed by atoms with Crippen molar-refractivity contribution in [2.24, 2.45) is 0 Å². The summed E-state index contributed by atoms with van der Waals surface area (Å²) in [6.07, 6.45) is 21.1. The Morgan fingerprint density at radius 1 is 0.538 bits per heavy atom. The molecule has 0 aromatic heterocycles. The average molecular weight is 741 g/mol. The molecular weight excluding hydrogens is 685 g/mol. The minimum Gasteiger partial charge on any atom is -0.352 e. The highest BCUT2D eigenvalue weighted by molar-refractivity contribution is 8.76. The van der Waals surface area contributed by atoms with Crippen molar-refractivity contribution in [3.05, 3.63) is 72.3 Å². The Morgan fingerprint density at radius 2 is 1.04 bits per heavy atom. The molecule has 0 saturated heterocycles. The Morgan fingerprint density at radius 3 is 1.67 bits per heavy atom. The third-order valence-corrected chi connectivity index (χ3v) is 12.8. The fourth-order valence-corrected chi connectivity index (χ4v) is 9.53. The molecule has 0 aliphatic carbocycles. The molecule has 1 aliphatic rings. The number of rotatable bonds is 27. The molecule has 4 aromatic carbocycles. The largest absolute Gasteiger partial charge is 0.352 e. The maximum atomic E-state index is 12.6. The predicted octanol–water partition coefficient (Wildman–Crippen LogP) is 11.1. The summed E-state index contributed by atoms with van der Waals surface area (Å²) in [6, 6.07) is 19.6. The van der Waals surface area contributed by atoms with Crippen molar-refractivity contribution in [2.45, 2.75) is 122 Å². The number of nitrogens with one attached hydrogen (secondary N) is 1. The number of nitrogens with zero attached hydrogens (tertiary/aromatic N) is 1. The van der Waals surface area contributed by atoms with Crippen LogP contribution in [-0.2, 0) is 25.7 Å². The van der Waals surface area contributed by atoms with E-state index in [-0.39, 0.29) is 17.7 Å². The number of carbonyl (C=O) groups excluding carboxylic acids is 4. The highest BCUT2D eigenvalue weighted by Crippen LogP contribution is 2.36. The number of amides is 3. The Bertz CT molecular complexity index is 1750. The maximum Gasteiger partial charge on any atom is 0.253 e. The van der Waals surface area contributed by atoms with E-state index in [1.54, 1.807) is 0 Å². The standard InChI is InChI=1S/C44H56N2O4S2/c47-38(19-10-4-1-7-13-30-46-41(49)28-29-42(46)50)20-11-5-2-8-14-31-51-52-32-15-9-3-6-12-21-40(48)45-33-37-25-24-36-23-22-34-17-16-18-35-26-27-39(37)44(36)43(34)35/h16-18,22-29H,1-15,19-21,30-33H2,(H,45,48). The zero-order chi connectivity index (χ0) is 36.4. The summed E-state index contributed by atoms with van der Waals surface area (Å²) in [7, 11) is 3.99. The number of carbonyl (C=O) groups is 4. The number of Topliss-reactive ketones (excluding diaryl/α,β-unsaturated/α-hetero) is 1. The van der Waals surface area contributed by atoms with E-state index < -0.39 is 0 Å². The quantitative estimate of drug-likeness (QED) is 0.0284. The van der Waals surface area contributed by atoms with Gasteiger partial charge in [0.2, 0.25) is 5.91 Å². The molecule has 278 valence electrons. The lowest BCUT2D eigenvalue weighted by atomic mass is 9.92. The molecule has 5 rings (SSSR count). The summed E-state index contributed by atoms with van der Waals surface area (Å²) in [4.78, 5) is 49.2. The van der Waals surface area contributed by atoms with Crippen molar-refractivity contribution < 1.29 is 19.2 Å². The van der Waals surface area contributed by atoms with Gasteiger partial charge in [-0.25, -0.2) is 0 Å². The van der Waals surface area contributed by atoms with Gasteiger partial charge in [0.15, 0.2) is 0 Å². The first kappa shape index (κ1) is 39.8. The van der Waals surface area contributed by atoms with Gasteiger partial charge in [0, 0.05) is 56.0 Å². The molecule has 3 amide bonds. The number of benzene rings is 4. The zero-order valence-corrected chi connectivity index (χ0v) is 32.4. The molecule has 4 aromatic rings. The van der Waals surface area contributed by atoms with Crippen molar-refractivity contribution in [1.29, 1.82) is 0 Å². The van der Waals surface area contributed by atoms with Crippen LogP contribution in [0.15, 0.2) is 66.7 Å². The number of hydrogen-bond acceptors (Lipinski definition) is 6. The average Bonchev–Trinajstić information content (AvgIpc) is 3.48. The smallest absolute Gasteiger partial charge is 0.253 e. The fourth-order valence-electron chi connectivity index (χ4n) is 7.24. The summed E-state index contributed by atoms with van der Waals surface area (Å²) in [5.74, 6) is 2.54. The monoisotopic (exact) mass is 740 g/mol. The second-order valence-corrected chi connectivity index (χ2v) is 17.0. The molecule has 0 bridgehead atoms. The molecule has 52 heavy (non-hydrogen) atoms. The topological polar surface area (TPSA) is 83.6 Å². The molecular formula is C44H56N2O4S2. The normalized spacial score (nSPS) is 13.0. The second kappa shape index (κ2) is 22.0. The zero-order valence-electron chi connectivity index (χ0n) is 30.8. The highest BCUT2D eigenvalue weighted by Gasteiger charge is 2.22. The fraction of sp³-hybridized carbons (Fsp3) is 0.500. The van der Waals surface area contributed by atoms with E-state index in [2.05, 4.69) is 59.9 Å².